The number of carbonyl (C=O) groups is 2. The van der Waals surface area contributed by atoms with Crippen molar-refractivity contribution in [2.75, 3.05) is 23.7 Å². The van der Waals surface area contributed by atoms with Gasteiger partial charge in [0, 0.05) is 32.4 Å². The standard InChI is InChI=1S/C17H20FN5O2/c1-22-10-8-15(21-22)20-16(24)12-5-4-9-23(11-12)17(25)19-14-7-3-2-6-13(14)18/h2-3,6-8,10,12H,4-5,9,11H2,1H3,(H,19,25)(H,20,21,24)/t12-/m1/s1. The number of likely N-dealkylation sites (tertiary alicyclic amines) is 1. The van der Waals surface area contributed by atoms with Crippen molar-refractivity contribution in [3.05, 3.63) is 42.3 Å². The third-order valence-corrected chi connectivity index (χ3v) is 4.16. The Morgan fingerprint density at radius 1 is 1.24 bits per heavy atom. The Balaban J connectivity index is 1.59. The molecule has 2 heterocycles. The quantitative estimate of drug-likeness (QED) is 0.897. The number of hydrogen-bond donors (Lipinski definition) is 2. The van der Waals surface area contributed by atoms with Gasteiger partial charge in [-0.3, -0.25) is 9.48 Å². The highest BCUT2D eigenvalue weighted by Gasteiger charge is 2.29. The molecule has 0 radical (unpaired) electrons. The van der Waals surface area contributed by atoms with Crippen LogP contribution >= 0.6 is 0 Å². The first-order valence-corrected chi connectivity index (χ1v) is 8.14. The number of rotatable bonds is 3. The molecule has 1 fully saturated rings. The van der Waals surface area contributed by atoms with Gasteiger partial charge in [0.25, 0.3) is 0 Å². The lowest BCUT2D eigenvalue weighted by Crippen LogP contribution is -2.45. The number of carbonyl (C=O) groups excluding carboxylic acids is 2. The highest BCUT2D eigenvalue weighted by Crippen LogP contribution is 2.20. The van der Waals surface area contributed by atoms with E-state index >= 15 is 0 Å². The summed E-state index contributed by atoms with van der Waals surface area (Å²) in [4.78, 5) is 26.3. The lowest BCUT2D eigenvalue weighted by Gasteiger charge is -2.31. The average Bonchev–Trinajstić information content (AvgIpc) is 3.02. The van der Waals surface area contributed by atoms with Crippen molar-refractivity contribution in [2.24, 2.45) is 13.0 Å². The van der Waals surface area contributed by atoms with E-state index in [9.17, 15) is 14.0 Å². The number of hydrogen-bond acceptors (Lipinski definition) is 3. The number of piperidine rings is 1. The van der Waals surface area contributed by atoms with Gasteiger partial charge in [-0.15, -0.1) is 0 Å². The molecular weight excluding hydrogens is 325 g/mol. The largest absolute Gasteiger partial charge is 0.324 e. The number of urea groups is 1. The van der Waals surface area contributed by atoms with Crippen molar-refractivity contribution < 1.29 is 14.0 Å². The van der Waals surface area contributed by atoms with Crippen LogP contribution < -0.4 is 10.6 Å². The third kappa shape index (κ3) is 4.14. The molecule has 1 aromatic heterocycles. The Morgan fingerprint density at radius 2 is 2.04 bits per heavy atom. The molecule has 1 saturated heterocycles. The van der Waals surface area contributed by atoms with Crippen molar-refractivity contribution in [3.63, 3.8) is 0 Å². The summed E-state index contributed by atoms with van der Waals surface area (Å²) in [7, 11) is 1.77. The van der Waals surface area contributed by atoms with Crippen LogP contribution in [-0.2, 0) is 11.8 Å². The fourth-order valence-electron chi connectivity index (χ4n) is 2.84. The summed E-state index contributed by atoms with van der Waals surface area (Å²) in [5, 5.41) is 9.43. The topological polar surface area (TPSA) is 79.3 Å². The molecule has 25 heavy (non-hydrogen) atoms. The molecule has 0 aliphatic carbocycles. The monoisotopic (exact) mass is 345 g/mol. The first-order valence-electron chi connectivity index (χ1n) is 8.14. The predicted molar refractivity (Wildman–Crippen MR) is 91.6 cm³/mol. The molecule has 0 unspecified atom stereocenters. The van der Waals surface area contributed by atoms with Crippen LogP contribution in [0, 0.1) is 11.7 Å². The van der Waals surface area contributed by atoms with Gasteiger partial charge in [-0.05, 0) is 25.0 Å². The molecule has 2 N–H and O–H groups in total. The Hall–Kier alpha value is -2.90. The summed E-state index contributed by atoms with van der Waals surface area (Å²) in [6.07, 6.45) is 3.15. The second-order valence-electron chi connectivity index (χ2n) is 6.06. The maximum absolute atomic E-state index is 13.7. The zero-order chi connectivity index (χ0) is 17.8. The van der Waals surface area contributed by atoms with Crippen molar-refractivity contribution >= 4 is 23.4 Å². The second-order valence-corrected chi connectivity index (χ2v) is 6.06. The summed E-state index contributed by atoms with van der Waals surface area (Å²) in [6.45, 7) is 0.826. The molecule has 3 rings (SSSR count). The first kappa shape index (κ1) is 16.9. The molecule has 1 aromatic carbocycles. The lowest BCUT2D eigenvalue weighted by atomic mass is 9.97. The molecule has 1 atom stereocenters. The molecule has 3 amide bonds. The zero-order valence-electron chi connectivity index (χ0n) is 13.9. The van der Waals surface area contributed by atoms with E-state index in [0.29, 0.717) is 31.7 Å². The van der Waals surface area contributed by atoms with Crippen LogP contribution in [-0.4, -0.2) is 39.7 Å². The van der Waals surface area contributed by atoms with Gasteiger partial charge >= 0.3 is 6.03 Å². The molecule has 0 saturated carbocycles. The van der Waals surface area contributed by atoms with Crippen LogP contribution in [0.15, 0.2) is 36.5 Å². The number of nitrogens with zero attached hydrogens (tertiary/aromatic N) is 3. The van der Waals surface area contributed by atoms with E-state index in [-0.39, 0.29) is 17.5 Å². The van der Waals surface area contributed by atoms with Gasteiger partial charge in [-0.25, -0.2) is 9.18 Å². The zero-order valence-corrected chi connectivity index (χ0v) is 13.9. The number of amides is 3. The first-order chi connectivity index (χ1) is 12.0. The van der Waals surface area contributed by atoms with Crippen molar-refractivity contribution in [2.45, 2.75) is 12.8 Å². The van der Waals surface area contributed by atoms with Gasteiger partial charge in [-0.1, -0.05) is 12.1 Å². The number of para-hydroxylation sites is 1. The molecule has 1 aliphatic heterocycles. The SMILES string of the molecule is Cn1ccc(NC(=O)[C@@H]2CCCN(C(=O)Nc3ccccc3F)C2)n1. The fourth-order valence-corrected chi connectivity index (χ4v) is 2.84. The molecule has 2 aromatic rings. The van der Waals surface area contributed by atoms with E-state index in [0.717, 1.165) is 0 Å². The predicted octanol–water partition coefficient (Wildman–Crippen LogP) is 2.44. The summed E-state index contributed by atoms with van der Waals surface area (Å²) in [5.74, 6) is -0.484. The second kappa shape index (κ2) is 7.33. The van der Waals surface area contributed by atoms with E-state index in [2.05, 4.69) is 15.7 Å². The molecule has 7 nitrogen and oxygen atoms in total. The van der Waals surface area contributed by atoms with Gasteiger partial charge in [0.2, 0.25) is 5.91 Å². The number of nitrogens with one attached hydrogen (secondary N) is 2. The summed E-state index contributed by atoms with van der Waals surface area (Å²) < 4.78 is 15.3. The lowest BCUT2D eigenvalue weighted by molar-refractivity contribution is -0.121. The highest BCUT2D eigenvalue weighted by molar-refractivity contribution is 5.93. The van der Waals surface area contributed by atoms with E-state index in [1.165, 1.54) is 12.1 Å². The van der Waals surface area contributed by atoms with Crippen LogP contribution in [0.1, 0.15) is 12.8 Å². The summed E-state index contributed by atoms with van der Waals surface area (Å²) in [5.41, 5.74) is 0.132. The van der Waals surface area contributed by atoms with Gasteiger partial charge < -0.3 is 15.5 Å². The van der Waals surface area contributed by atoms with Crippen molar-refractivity contribution in [3.8, 4) is 0 Å². The number of benzene rings is 1. The van der Waals surface area contributed by atoms with Crippen LogP contribution in [0.3, 0.4) is 0 Å². The molecule has 0 bridgehead atoms. The minimum atomic E-state index is -0.489. The van der Waals surface area contributed by atoms with E-state index < -0.39 is 11.8 Å². The van der Waals surface area contributed by atoms with Gasteiger partial charge in [0.1, 0.15) is 5.82 Å². The van der Waals surface area contributed by atoms with Crippen LogP contribution in [0.2, 0.25) is 0 Å². The number of halogens is 1. The summed E-state index contributed by atoms with van der Waals surface area (Å²) >= 11 is 0. The number of aromatic nitrogens is 2. The van der Waals surface area contributed by atoms with Gasteiger partial charge in [-0.2, -0.15) is 5.10 Å². The minimum Gasteiger partial charge on any atom is -0.324 e. The van der Waals surface area contributed by atoms with E-state index in [1.54, 1.807) is 41.0 Å². The van der Waals surface area contributed by atoms with Gasteiger partial charge in [0.15, 0.2) is 5.82 Å². The van der Waals surface area contributed by atoms with Crippen molar-refractivity contribution in [1.29, 1.82) is 0 Å². The Labute approximate surface area is 144 Å². The molecular formula is C17H20FN5O2. The fraction of sp³-hybridized carbons (Fsp3) is 0.353. The third-order valence-electron chi connectivity index (χ3n) is 4.16. The van der Waals surface area contributed by atoms with E-state index in [1.807, 2.05) is 0 Å². The summed E-state index contributed by atoms with van der Waals surface area (Å²) in [6, 6.07) is 7.31. The smallest absolute Gasteiger partial charge is 0.321 e. The van der Waals surface area contributed by atoms with Crippen molar-refractivity contribution in [1.82, 2.24) is 14.7 Å². The van der Waals surface area contributed by atoms with Crippen LogP contribution in [0.4, 0.5) is 20.7 Å². The number of anilines is 2. The molecule has 0 spiro atoms. The Bertz CT molecular complexity index is 776. The molecule has 132 valence electrons. The normalized spacial score (nSPS) is 17.2. The average molecular weight is 345 g/mol. The molecule has 8 heteroatoms. The minimum absolute atomic E-state index is 0.132. The Kier molecular flexibility index (Phi) is 4.97. The number of aryl methyl sites for hydroxylation is 1. The Morgan fingerprint density at radius 3 is 2.76 bits per heavy atom. The molecule has 1 aliphatic rings. The van der Waals surface area contributed by atoms with E-state index in [4.69, 9.17) is 0 Å². The highest BCUT2D eigenvalue weighted by atomic mass is 19.1. The maximum atomic E-state index is 13.7. The van der Waals surface area contributed by atoms with Crippen LogP contribution in [0.25, 0.3) is 0 Å². The van der Waals surface area contributed by atoms with Crippen LogP contribution in [0.5, 0.6) is 0 Å². The van der Waals surface area contributed by atoms with Gasteiger partial charge in [0.05, 0.1) is 11.6 Å². The maximum Gasteiger partial charge on any atom is 0.321 e.